The van der Waals surface area contributed by atoms with E-state index >= 15 is 0 Å². The van der Waals surface area contributed by atoms with Gasteiger partial charge in [-0.15, -0.1) is 0 Å². The number of aromatic hydroxyl groups is 1. The molecule has 8 nitrogen and oxygen atoms in total. The van der Waals surface area contributed by atoms with Gasteiger partial charge < -0.3 is 25.4 Å². The Labute approximate surface area is 235 Å². The number of para-hydroxylation sites is 2. The van der Waals surface area contributed by atoms with Gasteiger partial charge in [-0.3, -0.25) is 9.59 Å². The van der Waals surface area contributed by atoms with E-state index in [-0.39, 0.29) is 17.7 Å². The Kier molecular flexibility index (Phi) is 10.3. The van der Waals surface area contributed by atoms with Crippen LogP contribution in [0.25, 0.3) is 0 Å². The minimum absolute atomic E-state index is 0.0275. The first kappa shape index (κ1) is 30.3. The van der Waals surface area contributed by atoms with Gasteiger partial charge in [-0.2, -0.15) is 11.8 Å². The number of carbonyl (C=O) groups is 3. The Balaban J connectivity index is 2.06. The Bertz CT molecular complexity index is 1180. The lowest BCUT2D eigenvalue weighted by molar-refractivity contribution is -0.145. The number of hydrogen-bond acceptors (Lipinski definition) is 6. The molecule has 1 aliphatic rings. The number of amides is 3. The predicted octanol–water partition coefficient (Wildman–Crippen LogP) is 5.72. The Morgan fingerprint density at radius 2 is 1.74 bits per heavy atom. The summed E-state index contributed by atoms with van der Waals surface area (Å²) in [4.78, 5) is 42.6. The summed E-state index contributed by atoms with van der Waals surface area (Å²) in [7, 11) is 0. The summed E-state index contributed by atoms with van der Waals surface area (Å²) < 4.78 is 5.45. The molecule has 39 heavy (non-hydrogen) atoms. The molecule has 2 aromatic rings. The number of hydrogen-bond donors (Lipinski definition) is 3. The number of aryl methyl sites for hydroxylation is 2. The van der Waals surface area contributed by atoms with E-state index in [2.05, 4.69) is 10.6 Å². The van der Waals surface area contributed by atoms with Crippen LogP contribution in [-0.4, -0.2) is 57.6 Å². The van der Waals surface area contributed by atoms with E-state index in [1.807, 2.05) is 31.4 Å². The second-order valence-corrected chi connectivity index (χ2v) is 12.0. The van der Waals surface area contributed by atoms with Crippen LogP contribution in [-0.2, 0) is 14.3 Å². The van der Waals surface area contributed by atoms with Crippen LogP contribution in [0.15, 0.2) is 42.5 Å². The summed E-state index contributed by atoms with van der Waals surface area (Å²) in [5.41, 5.74) is 1.74. The second kappa shape index (κ2) is 13.2. The van der Waals surface area contributed by atoms with Gasteiger partial charge in [-0.25, -0.2) is 4.79 Å². The van der Waals surface area contributed by atoms with Crippen LogP contribution in [0.4, 0.5) is 10.5 Å². The molecule has 2 aromatic carbocycles. The topological polar surface area (TPSA) is 108 Å². The zero-order valence-electron chi connectivity index (χ0n) is 23.7. The summed E-state index contributed by atoms with van der Waals surface area (Å²) in [5, 5.41) is 16.8. The predicted molar refractivity (Wildman–Crippen MR) is 156 cm³/mol. The molecule has 2 atom stereocenters. The number of benzene rings is 2. The van der Waals surface area contributed by atoms with Crippen molar-refractivity contribution < 1.29 is 24.2 Å². The van der Waals surface area contributed by atoms with Gasteiger partial charge in [0.05, 0.1) is 0 Å². The molecule has 1 saturated carbocycles. The molecule has 0 aromatic heterocycles. The molecular formula is C30H41N3O5S. The van der Waals surface area contributed by atoms with E-state index < -0.39 is 29.7 Å². The van der Waals surface area contributed by atoms with Gasteiger partial charge in [0, 0.05) is 17.3 Å². The molecule has 0 aliphatic heterocycles. The van der Waals surface area contributed by atoms with Crippen LogP contribution in [0.2, 0.25) is 0 Å². The summed E-state index contributed by atoms with van der Waals surface area (Å²) in [5.74, 6) is -0.197. The average molecular weight is 556 g/mol. The van der Waals surface area contributed by atoms with Gasteiger partial charge in [0.2, 0.25) is 5.91 Å². The van der Waals surface area contributed by atoms with Crippen LogP contribution in [0.3, 0.4) is 0 Å². The molecule has 3 N–H and O–H groups in total. The highest BCUT2D eigenvalue weighted by atomic mass is 32.2. The van der Waals surface area contributed by atoms with Crippen LogP contribution in [0, 0.1) is 13.8 Å². The van der Waals surface area contributed by atoms with Gasteiger partial charge in [0.15, 0.2) is 0 Å². The summed E-state index contributed by atoms with van der Waals surface area (Å²) >= 11 is 1.56. The molecule has 0 saturated heterocycles. The fourth-order valence-electron chi connectivity index (χ4n) is 4.54. The Hall–Kier alpha value is -3.20. The molecule has 0 bridgehead atoms. The van der Waals surface area contributed by atoms with E-state index in [9.17, 15) is 19.5 Å². The van der Waals surface area contributed by atoms with E-state index in [0.29, 0.717) is 29.0 Å². The molecule has 0 heterocycles. The lowest BCUT2D eigenvalue weighted by atomic mass is 9.87. The minimum atomic E-state index is -1.10. The number of phenolic OH excluding ortho intramolecular Hbond substituents is 1. The number of nitrogens with zero attached hydrogens (tertiary/aromatic N) is 1. The number of ether oxygens (including phenoxy) is 1. The van der Waals surface area contributed by atoms with Crippen LogP contribution < -0.4 is 10.6 Å². The van der Waals surface area contributed by atoms with Gasteiger partial charge in [0.25, 0.3) is 5.91 Å². The van der Waals surface area contributed by atoms with Crippen molar-refractivity contribution in [2.24, 2.45) is 0 Å². The summed E-state index contributed by atoms with van der Waals surface area (Å²) in [6.07, 6.45) is 4.00. The first-order valence-electron chi connectivity index (χ1n) is 13.4. The quantitative estimate of drug-likeness (QED) is 0.346. The zero-order chi connectivity index (χ0) is 28.7. The normalized spacial score (nSPS) is 15.0. The number of carbonyl (C=O) groups excluding carboxylic acids is 3. The fourth-order valence-corrected chi connectivity index (χ4v) is 5.01. The van der Waals surface area contributed by atoms with Gasteiger partial charge in [-0.05, 0) is 89.5 Å². The molecule has 1 fully saturated rings. The highest BCUT2D eigenvalue weighted by Crippen LogP contribution is 2.38. The third-order valence-corrected chi connectivity index (χ3v) is 7.46. The lowest BCUT2D eigenvalue weighted by Crippen LogP contribution is -2.57. The first-order chi connectivity index (χ1) is 18.4. The summed E-state index contributed by atoms with van der Waals surface area (Å²) in [6, 6.07) is 10.4. The lowest BCUT2D eigenvalue weighted by Gasteiger charge is -2.43. The standard InChI is InChI=1S/C30H41N3O5S/c1-19-11-7-8-16-23(19)31-27(35)25(22-15-9-12-20(2)26(22)34)33(21-13-10-14-21)28(36)24(17-18-39-6)32-29(37)38-30(3,4)5/h7-9,11-12,15-16,21,24-25,34H,10,13-14,17-18H2,1-6H3,(H,31,35)(H,32,37). The largest absolute Gasteiger partial charge is 0.507 e. The van der Waals surface area contributed by atoms with Gasteiger partial charge in [0.1, 0.15) is 23.4 Å². The van der Waals surface area contributed by atoms with Crippen molar-refractivity contribution in [2.75, 3.05) is 17.3 Å². The highest BCUT2D eigenvalue weighted by Gasteiger charge is 2.43. The van der Waals surface area contributed by atoms with Gasteiger partial charge >= 0.3 is 6.09 Å². The highest BCUT2D eigenvalue weighted by molar-refractivity contribution is 7.98. The fraction of sp³-hybridized carbons (Fsp3) is 0.500. The summed E-state index contributed by atoms with van der Waals surface area (Å²) in [6.45, 7) is 8.94. The van der Waals surface area contributed by atoms with Crippen molar-refractivity contribution in [1.82, 2.24) is 10.2 Å². The van der Waals surface area contributed by atoms with Crippen molar-refractivity contribution in [2.45, 2.75) is 84.0 Å². The number of nitrogens with one attached hydrogen (secondary N) is 2. The maximum Gasteiger partial charge on any atom is 0.408 e. The minimum Gasteiger partial charge on any atom is -0.507 e. The third-order valence-electron chi connectivity index (χ3n) is 6.82. The molecule has 3 amide bonds. The molecule has 0 spiro atoms. The number of phenols is 1. The SMILES string of the molecule is CSCCC(NC(=O)OC(C)(C)C)C(=O)N(C1CCC1)C(C(=O)Nc1ccccc1C)c1cccc(C)c1O. The number of alkyl carbamates (subject to hydrolysis) is 1. The van der Waals surface area contributed by atoms with E-state index in [1.54, 1.807) is 68.6 Å². The zero-order valence-corrected chi connectivity index (χ0v) is 24.6. The van der Waals surface area contributed by atoms with Crippen LogP contribution >= 0.6 is 11.8 Å². The molecule has 0 radical (unpaired) electrons. The van der Waals surface area contributed by atoms with Crippen molar-refractivity contribution in [3.63, 3.8) is 0 Å². The van der Waals surface area contributed by atoms with Gasteiger partial charge in [-0.1, -0.05) is 36.4 Å². The van der Waals surface area contributed by atoms with E-state index in [4.69, 9.17) is 4.74 Å². The molecule has 2 unspecified atom stereocenters. The Morgan fingerprint density at radius 3 is 2.33 bits per heavy atom. The number of thioether (sulfide) groups is 1. The smallest absolute Gasteiger partial charge is 0.408 e. The average Bonchev–Trinajstić information content (AvgIpc) is 2.82. The van der Waals surface area contributed by atoms with Crippen LogP contribution in [0.5, 0.6) is 5.75 Å². The second-order valence-electron chi connectivity index (χ2n) is 11.0. The van der Waals surface area contributed by atoms with Crippen molar-refractivity contribution in [3.05, 3.63) is 59.2 Å². The van der Waals surface area contributed by atoms with Crippen molar-refractivity contribution >= 4 is 35.4 Å². The molecule has 1 aliphatic carbocycles. The molecule has 3 rings (SSSR count). The maximum absolute atomic E-state index is 14.3. The monoisotopic (exact) mass is 555 g/mol. The van der Waals surface area contributed by atoms with Crippen LogP contribution in [0.1, 0.15) is 69.2 Å². The first-order valence-corrected chi connectivity index (χ1v) is 14.8. The Morgan fingerprint density at radius 1 is 1.08 bits per heavy atom. The van der Waals surface area contributed by atoms with Crippen molar-refractivity contribution in [1.29, 1.82) is 0 Å². The number of rotatable bonds is 10. The molecule has 9 heteroatoms. The number of anilines is 1. The van der Waals surface area contributed by atoms with Crippen molar-refractivity contribution in [3.8, 4) is 5.75 Å². The van der Waals surface area contributed by atoms with E-state index in [0.717, 1.165) is 24.8 Å². The van der Waals surface area contributed by atoms with E-state index in [1.165, 1.54) is 0 Å². The molecular weight excluding hydrogens is 514 g/mol. The maximum atomic E-state index is 14.3. The molecule has 212 valence electrons. The third kappa shape index (κ3) is 7.91.